The minimum Gasteiger partial charge on any atom is -0.456 e. The number of para-hydroxylation sites is 1. The number of pyridine rings is 1. The summed E-state index contributed by atoms with van der Waals surface area (Å²) in [6.45, 7) is 4.44. The highest BCUT2D eigenvalue weighted by Crippen LogP contribution is 2.48. The Hall–Kier alpha value is -7.06. The number of furan rings is 1. The van der Waals surface area contributed by atoms with Crippen molar-refractivity contribution in [2.45, 2.75) is 19.3 Å². The lowest BCUT2D eigenvalue weighted by atomic mass is 9.85. The van der Waals surface area contributed by atoms with Gasteiger partial charge in [-0.15, -0.1) is 0 Å². The van der Waals surface area contributed by atoms with Crippen molar-refractivity contribution in [3.05, 3.63) is 151 Å². The molecular weight excluding hydrogens is 655 g/mol. The van der Waals surface area contributed by atoms with Crippen LogP contribution in [0, 0.1) is 0 Å². The van der Waals surface area contributed by atoms with E-state index in [-0.39, 0.29) is 5.41 Å². The molecule has 0 N–H and O–H groups in total. The van der Waals surface area contributed by atoms with Crippen LogP contribution in [0.1, 0.15) is 25.1 Å². The van der Waals surface area contributed by atoms with Crippen molar-refractivity contribution in [3.63, 3.8) is 0 Å². The second-order valence-corrected chi connectivity index (χ2v) is 14.0. The lowest BCUT2D eigenvalue weighted by Gasteiger charge is -2.19. The molecule has 11 rings (SSSR count). The summed E-state index contributed by atoms with van der Waals surface area (Å²) < 4.78 is 8.35. The first kappa shape index (κ1) is 29.6. The monoisotopic (exact) mass is 683 g/mol. The highest BCUT2D eigenvalue weighted by Gasteiger charge is 2.39. The fourth-order valence-corrected chi connectivity index (χ4v) is 7.94. The third kappa shape index (κ3) is 4.35. The normalized spacial score (nSPS) is 13.2. The molecule has 0 fully saturated rings. The maximum Gasteiger partial charge on any atom is 0.166 e. The van der Waals surface area contributed by atoms with E-state index in [0.717, 1.165) is 83.5 Å². The molecule has 1 aliphatic rings. The molecule has 8 nitrogen and oxygen atoms in total. The van der Waals surface area contributed by atoms with E-state index in [1.165, 1.54) is 5.56 Å². The van der Waals surface area contributed by atoms with E-state index in [2.05, 4.69) is 73.0 Å². The van der Waals surface area contributed by atoms with Crippen molar-refractivity contribution >= 4 is 44.1 Å². The lowest BCUT2D eigenvalue weighted by molar-refractivity contribution is 0.637. The summed E-state index contributed by atoms with van der Waals surface area (Å²) in [5.74, 6) is 1.71. The second kappa shape index (κ2) is 11.0. The first-order valence-electron chi connectivity index (χ1n) is 17.6. The Kier molecular flexibility index (Phi) is 6.14. The summed E-state index contributed by atoms with van der Waals surface area (Å²) in [5.41, 5.74) is 11.4. The zero-order chi connectivity index (χ0) is 35.3. The number of aromatic nitrogens is 7. The second-order valence-electron chi connectivity index (χ2n) is 14.0. The molecule has 0 spiro atoms. The van der Waals surface area contributed by atoms with E-state index < -0.39 is 0 Å². The van der Waals surface area contributed by atoms with Crippen molar-refractivity contribution in [1.29, 1.82) is 0 Å². The zero-order valence-corrected chi connectivity index (χ0v) is 28.8. The van der Waals surface area contributed by atoms with Gasteiger partial charge in [-0.1, -0.05) is 111 Å². The number of rotatable bonds is 4. The van der Waals surface area contributed by atoms with Gasteiger partial charge in [0.2, 0.25) is 0 Å². The van der Waals surface area contributed by atoms with Gasteiger partial charge in [0, 0.05) is 55.7 Å². The molecular formula is C45H29N7O. The number of nitrogens with zero attached hydrogens (tertiary/aromatic N) is 7. The van der Waals surface area contributed by atoms with Gasteiger partial charge in [0.1, 0.15) is 22.3 Å². The molecule has 250 valence electrons. The SMILES string of the molecule is CC1(C)c2ccccc2-c2nc3c4cccnc4n(-c4cccc(-c5nc(-c6ccccc6)nc(-c6cccc7oc8ccccc8c67)n5)c4)c3nc21. The molecule has 53 heavy (non-hydrogen) atoms. The largest absolute Gasteiger partial charge is 0.456 e. The zero-order valence-electron chi connectivity index (χ0n) is 28.8. The van der Waals surface area contributed by atoms with Gasteiger partial charge in [-0.3, -0.25) is 4.57 Å². The quantitative estimate of drug-likeness (QED) is 0.182. The molecule has 0 atom stereocenters. The van der Waals surface area contributed by atoms with Crippen molar-refractivity contribution in [2.75, 3.05) is 0 Å². The van der Waals surface area contributed by atoms with Crippen LogP contribution in [0.5, 0.6) is 0 Å². The summed E-state index contributed by atoms with van der Waals surface area (Å²) in [5, 5.41) is 2.93. The van der Waals surface area contributed by atoms with Crippen LogP contribution >= 0.6 is 0 Å². The van der Waals surface area contributed by atoms with Gasteiger partial charge in [-0.2, -0.15) is 0 Å². The van der Waals surface area contributed by atoms with Crippen LogP contribution in [0.15, 0.2) is 144 Å². The molecule has 0 radical (unpaired) electrons. The molecule has 1 aliphatic carbocycles. The van der Waals surface area contributed by atoms with Crippen molar-refractivity contribution in [2.24, 2.45) is 0 Å². The van der Waals surface area contributed by atoms with Crippen molar-refractivity contribution in [1.82, 2.24) is 34.5 Å². The van der Waals surface area contributed by atoms with Gasteiger partial charge in [0.05, 0.1) is 11.4 Å². The van der Waals surface area contributed by atoms with Gasteiger partial charge in [-0.05, 0) is 42.0 Å². The molecule has 5 heterocycles. The molecule has 0 saturated carbocycles. The highest BCUT2D eigenvalue weighted by atomic mass is 16.3. The van der Waals surface area contributed by atoms with Crippen LogP contribution in [0.2, 0.25) is 0 Å². The summed E-state index contributed by atoms with van der Waals surface area (Å²) >= 11 is 0. The minimum atomic E-state index is -0.304. The molecule has 0 bridgehead atoms. The standard InChI is InChI=1S/C45H29N7O/c1-45(2)33-21-8-6-17-29(33)37-39(45)48-44-38(47-37)32-20-12-24-46-43(32)52(44)28-16-10-15-27(25-28)41-49-40(26-13-4-3-5-14-26)50-42(51-41)31-19-11-23-35-36(31)30-18-7-9-22-34(30)53-35/h3-25H,1-2H3. The summed E-state index contributed by atoms with van der Waals surface area (Å²) in [6.07, 6.45) is 1.82. The molecule has 0 amide bonds. The molecule has 10 aromatic rings. The molecule has 5 aromatic heterocycles. The van der Waals surface area contributed by atoms with Crippen LogP contribution in [0.3, 0.4) is 0 Å². The number of hydrogen-bond acceptors (Lipinski definition) is 7. The Morgan fingerprint density at radius 3 is 2.15 bits per heavy atom. The van der Waals surface area contributed by atoms with Gasteiger partial charge >= 0.3 is 0 Å². The Morgan fingerprint density at radius 1 is 0.547 bits per heavy atom. The first-order valence-corrected chi connectivity index (χ1v) is 17.6. The molecule has 5 aromatic carbocycles. The van der Waals surface area contributed by atoms with Crippen LogP contribution in [-0.2, 0) is 5.41 Å². The Balaban J connectivity index is 1.13. The van der Waals surface area contributed by atoms with E-state index in [0.29, 0.717) is 17.5 Å². The summed E-state index contributed by atoms with van der Waals surface area (Å²) in [4.78, 5) is 30.9. The van der Waals surface area contributed by atoms with E-state index in [4.69, 9.17) is 34.3 Å². The lowest BCUT2D eigenvalue weighted by Crippen LogP contribution is -2.17. The number of hydrogen-bond donors (Lipinski definition) is 0. The smallest absolute Gasteiger partial charge is 0.166 e. The van der Waals surface area contributed by atoms with Gasteiger partial charge in [0.15, 0.2) is 23.1 Å². The first-order chi connectivity index (χ1) is 26.0. The van der Waals surface area contributed by atoms with Gasteiger partial charge < -0.3 is 4.42 Å². The topological polar surface area (TPSA) is 95.4 Å². The van der Waals surface area contributed by atoms with Crippen molar-refractivity contribution in [3.8, 4) is 51.1 Å². The number of fused-ring (bicyclic) bond motifs is 9. The van der Waals surface area contributed by atoms with E-state index >= 15 is 0 Å². The maximum atomic E-state index is 6.24. The highest BCUT2D eigenvalue weighted by molar-refractivity contribution is 6.12. The van der Waals surface area contributed by atoms with E-state index in [1.54, 1.807) is 0 Å². The predicted molar refractivity (Wildman–Crippen MR) is 209 cm³/mol. The van der Waals surface area contributed by atoms with Gasteiger partial charge in [-0.25, -0.2) is 29.9 Å². The number of benzene rings is 5. The third-order valence-corrected chi connectivity index (χ3v) is 10.5. The Bertz CT molecular complexity index is 3110. The average molecular weight is 684 g/mol. The molecule has 0 saturated heterocycles. The average Bonchev–Trinajstić information content (AvgIpc) is 3.83. The fourth-order valence-electron chi connectivity index (χ4n) is 7.94. The Labute approximate surface area is 303 Å². The van der Waals surface area contributed by atoms with Crippen molar-refractivity contribution < 1.29 is 4.42 Å². The van der Waals surface area contributed by atoms with Crippen LogP contribution < -0.4 is 0 Å². The van der Waals surface area contributed by atoms with E-state index in [1.807, 2.05) is 85.1 Å². The van der Waals surface area contributed by atoms with Crippen LogP contribution in [-0.4, -0.2) is 34.5 Å². The predicted octanol–water partition coefficient (Wildman–Crippen LogP) is 10.4. The third-order valence-electron chi connectivity index (χ3n) is 10.5. The molecule has 0 unspecified atom stereocenters. The summed E-state index contributed by atoms with van der Waals surface area (Å²) in [6, 6.07) is 44.9. The Morgan fingerprint density at radius 2 is 1.25 bits per heavy atom. The van der Waals surface area contributed by atoms with E-state index in [9.17, 15) is 0 Å². The van der Waals surface area contributed by atoms with Gasteiger partial charge in [0.25, 0.3) is 0 Å². The van der Waals surface area contributed by atoms with Crippen LogP contribution in [0.4, 0.5) is 0 Å². The molecule has 0 aliphatic heterocycles. The fraction of sp³-hybridized carbons (Fsp3) is 0.0667. The minimum absolute atomic E-state index is 0.304. The summed E-state index contributed by atoms with van der Waals surface area (Å²) in [7, 11) is 0. The molecule has 8 heteroatoms. The maximum absolute atomic E-state index is 6.24. The van der Waals surface area contributed by atoms with Crippen LogP contribution in [0.25, 0.3) is 95.2 Å².